The number of piperidine rings is 1. The van der Waals surface area contributed by atoms with Gasteiger partial charge in [0.2, 0.25) is 0 Å². The molecule has 0 spiro atoms. The molecule has 1 N–H and O–H groups in total. The lowest BCUT2D eigenvalue weighted by Crippen LogP contribution is -2.53. The third-order valence-electron chi connectivity index (χ3n) is 7.59. The van der Waals surface area contributed by atoms with E-state index in [0.29, 0.717) is 24.2 Å². The molecule has 3 heterocycles. The standard InChI is InChI=1S/C27H34F3N3S/c1-4-9-32-10-7-21(8-11-32)31-24-14-20(27(28,29)30)15-26-23(24)13-19-5-6-22(16-25(19)34-26)33-17(2)12-18(33)3/h5-6,14-18,21,31H,4,7-13H2,1-3H3. The van der Waals surface area contributed by atoms with Gasteiger partial charge in [0.15, 0.2) is 0 Å². The number of likely N-dealkylation sites (tertiary alicyclic amines) is 1. The molecule has 2 aromatic carbocycles. The van der Waals surface area contributed by atoms with Crippen LogP contribution in [0, 0.1) is 0 Å². The number of benzene rings is 2. The highest BCUT2D eigenvalue weighted by Crippen LogP contribution is 2.47. The van der Waals surface area contributed by atoms with E-state index in [1.54, 1.807) is 0 Å². The van der Waals surface area contributed by atoms with Gasteiger partial charge in [0, 0.05) is 58.8 Å². The molecule has 34 heavy (non-hydrogen) atoms. The number of alkyl halides is 3. The second kappa shape index (κ2) is 9.30. The normalized spacial score (nSPS) is 23.3. The highest BCUT2D eigenvalue weighted by Gasteiger charge is 2.35. The maximum Gasteiger partial charge on any atom is 0.416 e. The molecule has 3 aliphatic heterocycles. The zero-order valence-electron chi connectivity index (χ0n) is 20.2. The maximum atomic E-state index is 13.8. The lowest BCUT2D eigenvalue weighted by Gasteiger charge is -2.47. The summed E-state index contributed by atoms with van der Waals surface area (Å²) >= 11 is 1.49. The third-order valence-corrected chi connectivity index (χ3v) is 8.78. The van der Waals surface area contributed by atoms with Gasteiger partial charge in [0.1, 0.15) is 0 Å². The van der Waals surface area contributed by atoms with E-state index in [2.05, 4.69) is 54.1 Å². The summed E-state index contributed by atoms with van der Waals surface area (Å²) in [5, 5.41) is 3.53. The quantitative estimate of drug-likeness (QED) is 0.414. The van der Waals surface area contributed by atoms with Gasteiger partial charge in [0.05, 0.1) is 5.56 Å². The Labute approximate surface area is 205 Å². The Balaban J connectivity index is 1.42. The molecule has 3 nitrogen and oxygen atoms in total. The Morgan fingerprint density at radius 1 is 1.03 bits per heavy atom. The van der Waals surface area contributed by atoms with Crippen molar-refractivity contribution in [3.63, 3.8) is 0 Å². The second-order valence-corrected chi connectivity index (χ2v) is 11.3. The van der Waals surface area contributed by atoms with Crippen molar-refractivity contribution >= 4 is 23.1 Å². The summed E-state index contributed by atoms with van der Waals surface area (Å²) in [7, 11) is 0. The zero-order chi connectivity index (χ0) is 24.0. The first kappa shape index (κ1) is 23.9. The van der Waals surface area contributed by atoms with E-state index in [9.17, 15) is 13.2 Å². The Hall–Kier alpha value is -1.86. The van der Waals surface area contributed by atoms with Crippen LogP contribution >= 0.6 is 11.8 Å². The molecule has 2 aromatic rings. The first-order valence-electron chi connectivity index (χ1n) is 12.5. The number of rotatable bonds is 5. The molecule has 0 radical (unpaired) electrons. The van der Waals surface area contributed by atoms with Crippen molar-refractivity contribution < 1.29 is 13.2 Å². The fourth-order valence-electron chi connectivity index (χ4n) is 5.83. The molecule has 7 heteroatoms. The average molecular weight is 490 g/mol. The van der Waals surface area contributed by atoms with Crippen LogP contribution < -0.4 is 10.2 Å². The van der Waals surface area contributed by atoms with Crippen LogP contribution in [0.5, 0.6) is 0 Å². The van der Waals surface area contributed by atoms with Crippen LogP contribution in [0.3, 0.4) is 0 Å². The van der Waals surface area contributed by atoms with E-state index in [-0.39, 0.29) is 6.04 Å². The van der Waals surface area contributed by atoms with Crippen LogP contribution in [0.25, 0.3) is 0 Å². The molecule has 3 aliphatic rings. The molecule has 2 atom stereocenters. The summed E-state index contributed by atoms with van der Waals surface area (Å²) in [6.45, 7) is 9.73. The molecule has 0 aliphatic carbocycles. The highest BCUT2D eigenvalue weighted by atomic mass is 32.2. The van der Waals surface area contributed by atoms with Crippen molar-refractivity contribution in [3.8, 4) is 0 Å². The topological polar surface area (TPSA) is 18.5 Å². The molecular weight excluding hydrogens is 455 g/mol. The minimum absolute atomic E-state index is 0.212. The van der Waals surface area contributed by atoms with Crippen molar-refractivity contribution in [2.45, 2.75) is 87.0 Å². The molecular formula is C27H34F3N3S. The van der Waals surface area contributed by atoms with Crippen LogP contribution in [0.1, 0.15) is 63.1 Å². The van der Waals surface area contributed by atoms with Crippen molar-refractivity contribution in [3.05, 3.63) is 47.0 Å². The minimum Gasteiger partial charge on any atom is -0.382 e. The van der Waals surface area contributed by atoms with Crippen LogP contribution in [-0.4, -0.2) is 42.7 Å². The van der Waals surface area contributed by atoms with Crippen molar-refractivity contribution in [1.82, 2.24) is 4.90 Å². The van der Waals surface area contributed by atoms with Gasteiger partial charge < -0.3 is 15.1 Å². The molecule has 0 saturated carbocycles. The molecule has 0 aromatic heterocycles. The summed E-state index contributed by atoms with van der Waals surface area (Å²) in [6.07, 6.45) is 0.537. The van der Waals surface area contributed by atoms with Crippen LogP contribution in [0.2, 0.25) is 0 Å². The lowest BCUT2D eigenvalue weighted by molar-refractivity contribution is -0.137. The summed E-state index contributed by atoms with van der Waals surface area (Å²) in [6, 6.07) is 10.4. The summed E-state index contributed by atoms with van der Waals surface area (Å²) < 4.78 is 41.4. The smallest absolute Gasteiger partial charge is 0.382 e. The number of fused-ring (bicyclic) bond motifs is 2. The van der Waals surface area contributed by atoms with Gasteiger partial charge in [-0.1, -0.05) is 24.8 Å². The molecule has 2 unspecified atom stereocenters. The molecule has 2 fully saturated rings. The summed E-state index contributed by atoms with van der Waals surface area (Å²) in [5.74, 6) is 0. The molecule has 5 rings (SSSR count). The zero-order valence-corrected chi connectivity index (χ0v) is 21.0. The molecule has 0 amide bonds. The van der Waals surface area contributed by atoms with E-state index in [4.69, 9.17) is 0 Å². The van der Waals surface area contributed by atoms with Crippen molar-refractivity contribution in [1.29, 1.82) is 0 Å². The van der Waals surface area contributed by atoms with E-state index in [1.165, 1.54) is 41.6 Å². The monoisotopic (exact) mass is 489 g/mol. The number of hydrogen-bond acceptors (Lipinski definition) is 4. The maximum absolute atomic E-state index is 13.8. The minimum atomic E-state index is -4.36. The number of hydrogen-bond donors (Lipinski definition) is 1. The summed E-state index contributed by atoms with van der Waals surface area (Å²) in [4.78, 5) is 6.66. The second-order valence-electron chi connectivity index (χ2n) is 10.2. The van der Waals surface area contributed by atoms with E-state index in [1.807, 2.05) is 0 Å². The van der Waals surface area contributed by atoms with Gasteiger partial charge in [-0.3, -0.25) is 0 Å². The number of halogens is 3. The van der Waals surface area contributed by atoms with Gasteiger partial charge in [-0.25, -0.2) is 0 Å². The fraction of sp³-hybridized carbons (Fsp3) is 0.556. The predicted octanol–water partition coefficient (Wildman–Crippen LogP) is 7.03. The van der Waals surface area contributed by atoms with Gasteiger partial charge >= 0.3 is 6.18 Å². The molecule has 2 saturated heterocycles. The van der Waals surface area contributed by atoms with Gasteiger partial charge in [-0.05, 0) is 81.5 Å². The number of nitrogens with zero attached hydrogens (tertiary/aromatic N) is 2. The van der Waals surface area contributed by atoms with E-state index in [0.717, 1.165) is 54.3 Å². The van der Waals surface area contributed by atoms with Crippen LogP contribution in [0.4, 0.5) is 24.5 Å². The van der Waals surface area contributed by atoms with Gasteiger partial charge in [-0.15, -0.1) is 0 Å². The van der Waals surface area contributed by atoms with Crippen LogP contribution in [-0.2, 0) is 12.6 Å². The lowest BCUT2D eigenvalue weighted by atomic mass is 9.93. The van der Waals surface area contributed by atoms with Gasteiger partial charge in [0.25, 0.3) is 0 Å². The Kier molecular flexibility index (Phi) is 6.53. The van der Waals surface area contributed by atoms with Gasteiger partial charge in [-0.2, -0.15) is 13.2 Å². The SMILES string of the molecule is CCCN1CCC(Nc2cc(C(F)(F)F)cc3c2Cc2ccc(N4C(C)CC4C)cc2S3)CC1. The third kappa shape index (κ3) is 4.66. The van der Waals surface area contributed by atoms with Crippen molar-refractivity contribution in [2.75, 3.05) is 29.9 Å². The highest BCUT2D eigenvalue weighted by molar-refractivity contribution is 7.99. The molecule has 184 valence electrons. The first-order chi connectivity index (χ1) is 16.2. The van der Waals surface area contributed by atoms with E-state index >= 15 is 0 Å². The predicted molar refractivity (Wildman–Crippen MR) is 134 cm³/mol. The largest absolute Gasteiger partial charge is 0.416 e. The Bertz CT molecular complexity index is 1040. The summed E-state index contributed by atoms with van der Waals surface area (Å²) in [5.41, 5.74) is 3.47. The van der Waals surface area contributed by atoms with E-state index < -0.39 is 11.7 Å². The number of anilines is 2. The van der Waals surface area contributed by atoms with Crippen LogP contribution in [0.15, 0.2) is 40.1 Å². The fourth-order valence-corrected chi connectivity index (χ4v) is 7.01. The number of nitrogens with one attached hydrogen (secondary N) is 1. The first-order valence-corrected chi connectivity index (χ1v) is 13.4. The van der Waals surface area contributed by atoms with Crippen molar-refractivity contribution in [2.24, 2.45) is 0 Å². The Morgan fingerprint density at radius 2 is 1.76 bits per heavy atom. The Morgan fingerprint density at radius 3 is 2.41 bits per heavy atom. The molecule has 0 bridgehead atoms. The average Bonchev–Trinajstić information content (AvgIpc) is 2.78.